The second kappa shape index (κ2) is 5.64. The van der Waals surface area contributed by atoms with Crippen LogP contribution in [0, 0.1) is 13.8 Å². The Morgan fingerprint density at radius 3 is 2.26 bits per heavy atom. The van der Waals surface area contributed by atoms with Crippen LogP contribution < -0.4 is 10.5 Å². The molecule has 3 heteroatoms. The van der Waals surface area contributed by atoms with E-state index >= 15 is 0 Å². The molecule has 2 rings (SSSR count). The van der Waals surface area contributed by atoms with Gasteiger partial charge >= 0.3 is 0 Å². The van der Waals surface area contributed by atoms with Gasteiger partial charge in [0.25, 0.3) is 0 Å². The van der Waals surface area contributed by atoms with E-state index in [-0.39, 0.29) is 6.04 Å². The molecule has 0 fully saturated rings. The summed E-state index contributed by atoms with van der Waals surface area (Å²) in [5.41, 5.74) is 9.00. The van der Waals surface area contributed by atoms with Crippen molar-refractivity contribution in [2.24, 2.45) is 5.73 Å². The number of benzene rings is 2. The summed E-state index contributed by atoms with van der Waals surface area (Å²) in [6.07, 6.45) is 0. The third-order valence-electron chi connectivity index (χ3n) is 3.05. The number of para-hydroxylation sites is 1. The highest BCUT2D eigenvalue weighted by atomic mass is 35.5. The maximum Gasteiger partial charge on any atom is 0.133 e. The molecule has 0 aromatic heterocycles. The van der Waals surface area contributed by atoms with Crippen LogP contribution in [0.15, 0.2) is 36.4 Å². The lowest BCUT2D eigenvalue weighted by atomic mass is 10.1. The number of aryl methyl sites for hydroxylation is 2. The van der Waals surface area contributed by atoms with Gasteiger partial charge in [0.1, 0.15) is 11.5 Å². The number of hydrogen-bond donors (Lipinski definition) is 1. The predicted molar refractivity (Wildman–Crippen MR) is 80.0 cm³/mol. The van der Waals surface area contributed by atoms with Gasteiger partial charge in [-0.05, 0) is 50.1 Å². The first-order chi connectivity index (χ1) is 8.99. The van der Waals surface area contributed by atoms with E-state index in [1.165, 1.54) is 0 Å². The lowest BCUT2D eigenvalue weighted by Gasteiger charge is -2.16. The lowest BCUT2D eigenvalue weighted by molar-refractivity contribution is 0.465. The summed E-state index contributed by atoms with van der Waals surface area (Å²) in [5, 5.41) is 0.725. The third kappa shape index (κ3) is 3.09. The molecule has 0 radical (unpaired) electrons. The van der Waals surface area contributed by atoms with E-state index in [2.05, 4.69) is 0 Å². The first kappa shape index (κ1) is 13.9. The van der Waals surface area contributed by atoms with Crippen LogP contribution in [0.5, 0.6) is 11.5 Å². The smallest absolute Gasteiger partial charge is 0.133 e. The summed E-state index contributed by atoms with van der Waals surface area (Å²) in [4.78, 5) is 0. The maximum absolute atomic E-state index is 6.05. The quantitative estimate of drug-likeness (QED) is 0.876. The first-order valence-corrected chi connectivity index (χ1v) is 6.66. The molecular formula is C16H18ClNO. The Balaban J connectivity index is 2.42. The SMILES string of the molecule is Cc1cc(Cl)cc(C)c1Oc1ccccc1C(C)N. The van der Waals surface area contributed by atoms with Gasteiger partial charge in [0.15, 0.2) is 0 Å². The molecule has 2 N–H and O–H groups in total. The molecule has 2 nitrogen and oxygen atoms in total. The van der Waals surface area contributed by atoms with Gasteiger partial charge in [-0.15, -0.1) is 0 Å². The molecule has 0 heterocycles. The number of rotatable bonds is 3. The molecule has 0 aliphatic rings. The van der Waals surface area contributed by atoms with E-state index in [1.807, 2.05) is 57.2 Å². The normalized spacial score (nSPS) is 12.3. The Hall–Kier alpha value is -1.51. The van der Waals surface area contributed by atoms with Gasteiger partial charge in [-0.25, -0.2) is 0 Å². The number of hydrogen-bond acceptors (Lipinski definition) is 2. The molecule has 1 unspecified atom stereocenters. The highest BCUT2D eigenvalue weighted by Crippen LogP contribution is 2.34. The number of ether oxygens (including phenoxy) is 1. The Bertz CT molecular complexity index is 570. The largest absolute Gasteiger partial charge is 0.456 e. The Morgan fingerprint density at radius 2 is 1.68 bits per heavy atom. The molecule has 0 aliphatic carbocycles. The highest BCUT2D eigenvalue weighted by molar-refractivity contribution is 6.30. The van der Waals surface area contributed by atoms with Crippen molar-refractivity contribution >= 4 is 11.6 Å². The fraction of sp³-hybridized carbons (Fsp3) is 0.250. The zero-order valence-corrected chi connectivity index (χ0v) is 12.2. The van der Waals surface area contributed by atoms with Gasteiger partial charge in [-0.1, -0.05) is 29.8 Å². The topological polar surface area (TPSA) is 35.2 Å². The van der Waals surface area contributed by atoms with Crippen LogP contribution in [0.3, 0.4) is 0 Å². The van der Waals surface area contributed by atoms with Crippen molar-refractivity contribution in [3.63, 3.8) is 0 Å². The van der Waals surface area contributed by atoms with E-state index in [0.717, 1.165) is 33.2 Å². The summed E-state index contributed by atoms with van der Waals surface area (Å²) in [6.45, 7) is 5.93. The van der Waals surface area contributed by atoms with Gasteiger partial charge in [0.2, 0.25) is 0 Å². The third-order valence-corrected chi connectivity index (χ3v) is 3.26. The van der Waals surface area contributed by atoms with Crippen molar-refractivity contribution < 1.29 is 4.74 Å². The Kier molecular flexibility index (Phi) is 4.13. The zero-order chi connectivity index (χ0) is 14.0. The van der Waals surface area contributed by atoms with Crippen molar-refractivity contribution in [3.05, 3.63) is 58.1 Å². The minimum absolute atomic E-state index is 0.0656. The van der Waals surface area contributed by atoms with Gasteiger partial charge in [0.05, 0.1) is 0 Å². The van der Waals surface area contributed by atoms with E-state index in [4.69, 9.17) is 22.1 Å². The predicted octanol–water partition coefficient (Wildman–Crippen LogP) is 4.77. The summed E-state index contributed by atoms with van der Waals surface area (Å²) >= 11 is 6.03. The Morgan fingerprint density at radius 1 is 1.11 bits per heavy atom. The molecule has 0 amide bonds. The molecule has 0 aliphatic heterocycles. The molecular weight excluding hydrogens is 258 g/mol. The van der Waals surface area contributed by atoms with Crippen molar-refractivity contribution in [1.29, 1.82) is 0 Å². The molecule has 19 heavy (non-hydrogen) atoms. The minimum Gasteiger partial charge on any atom is -0.456 e. The van der Waals surface area contributed by atoms with Crippen molar-refractivity contribution in [2.45, 2.75) is 26.8 Å². The van der Waals surface area contributed by atoms with Crippen LogP contribution in [0.25, 0.3) is 0 Å². The van der Waals surface area contributed by atoms with Crippen molar-refractivity contribution in [3.8, 4) is 11.5 Å². The Labute approximate surface area is 119 Å². The maximum atomic E-state index is 6.05. The van der Waals surface area contributed by atoms with Gasteiger partial charge in [0, 0.05) is 16.6 Å². The molecule has 0 saturated heterocycles. The van der Waals surface area contributed by atoms with Crippen LogP contribution in [0.2, 0.25) is 5.02 Å². The number of nitrogens with two attached hydrogens (primary N) is 1. The molecule has 0 saturated carbocycles. The van der Waals surface area contributed by atoms with Crippen molar-refractivity contribution in [2.75, 3.05) is 0 Å². The summed E-state index contributed by atoms with van der Waals surface area (Å²) < 4.78 is 6.05. The number of halogens is 1. The summed E-state index contributed by atoms with van der Waals surface area (Å²) in [6, 6.07) is 11.6. The molecule has 100 valence electrons. The van der Waals surface area contributed by atoms with E-state index in [9.17, 15) is 0 Å². The standard InChI is InChI=1S/C16H18ClNO/c1-10-8-13(17)9-11(2)16(10)19-15-7-5-4-6-14(15)12(3)18/h4-9,12H,18H2,1-3H3. The van der Waals surface area contributed by atoms with Gasteiger partial charge in [-0.2, -0.15) is 0 Å². The monoisotopic (exact) mass is 275 g/mol. The van der Waals surface area contributed by atoms with Crippen LogP contribution >= 0.6 is 11.6 Å². The van der Waals surface area contributed by atoms with Crippen LogP contribution in [0.1, 0.15) is 29.7 Å². The van der Waals surface area contributed by atoms with Gasteiger partial charge < -0.3 is 10.5 Å². The average molecular weight is 276 g/mol. The van der Waals surface area contributed by atoms with Gasteiger partial charge in [-0.3, -0.25) is 0 Å². The summed E-state index contributed by atoms with van der Waals surface area (Å²) in [7, 11) is 0. The van der Waals surface area contributed by atoms with Crippen LogP contribution in [-0.2, 0) is 0 Å². The van der Waals surface area contributed by atoms with Crippen LogP contribution in [-0.4, -0.2) is 0 Å². The molecule has 1 atom stereocenters. The molecule has 2 aromatic rings. The van der Waals surface area contributed by atoms with E-state index in [0.29, 0.717) is 0 Å². The fourth-order valence-electron chi connectivity index (χ4n) is 2.12. The van der Waals surface area contributed by atoms with Crippen LogP contribution in [0.4, 0.5) is 0 Å². The first-order valence-electron chi connectivity index (χ1n) is 6.28. The molecule has 2 aromatic carbocycles. The van der Waals surface area contributed by atoms with Crippen molar-refractivity contribution in [1.82, 2.24) is 0 Å². The second-order valence-corrected chi connectivity index (χ2v) is 5.23. The summed E-state index contributed by atoms with van der Waals surface area (Å²) in [5.74, 6) is 1.64. The zero-order valence-electron chi connectivity index (χ0n) is 11.4. The highest BCUT2D eigenvalue weighted by Gasteiger charge is 2.11. The molecule has 0 spiro atoms. The fourth-order valence-corrected chi connectivity index (χ4v) is 2.45. The van der Waals surface area contributed by atoms with E-state index in [1.54, 1.807) is 0 Å². The molecule has 0 bridgehead atoms. The second-order valence-electron chi connectivity index (χ2n) is 4.80. The average Bonchev–Trinajstić information content (AvgIpc) is 2.34. The van der Waals surface area contributed by atoms with E-state index < -0.39 is 0 Å². The lowest BCUT2D eigenvalue weighted by Crippen LogP contribution is -2.06. The minimum atomic E-state index is -0.0656.